The third kappa shape index (κ3) is 2.66. The number of carbonyl (C=O) groups is 1. The molecule has 19 heavy (non-hydrogen) atoms. The highest BCUT2D eigenvalue weighted by Gasteiger charge is 2.25. The van der Waals surface area contributed by atoms with Crippen LogP contribution in [0.2, 0.25) is 0 Å². The summed E-state index contributed by atoms with van der Waals surface area (Å²) >= 11 is 0. The van der Waals surface area contributed by atoms with E-state index in [2.05, 4.69) is 0 Å². The molecule has 5 nitrogen and oxygen atoms in total. The van der Waals surface area contributed by atoms with E-state index in [9.17, 15) is 9.90 Å². The van der Waals surface area contributed by atoms with Gasteiger partial charge in [-0.15, -0.1) is 0 Å². The summed E-state index contributed by atoms with van der Waals surface area (Å²) in [7, 11) is 3.39. The van der Waals surface area contributed by atoms with Crippen LogP contribution in [0.4, 0.5) is 5.69 Å². The minimum Gasteiger partial charge on any atom is -0.496 e. The molecule has 1 aromatic rings. The predicted molar refractivity (Wildman–Crippen MR) is 73.5 cm³/mol. The second-order valence-corrected chi connectivity index (χ2v) is 4.81. The van der Waals surface area contributed by atoms with Gasteiger partial charge in [-0.3, -0.25) is 4.79 Å². The van der Waals surface area contributed by atoms with E-state index in [-0.39, 0.29) is 5.91 Å². The Labute approximate surface area is 113 Å². The van der Waals surface area contributed by atoms with E-state index in [1.807, 2.05) is 23.1 Å². The number of rotatable bonds is 3. The van der Waals surface area contributed by atoms with Crippen LogP contribution in [0.3, 0.4) is 0 Å². The maximum absolute atomic E-state index is 11.8. The summed E-state index contributed by atoms with van der Waals surface area (Å²) in [6, 6.07) is 5.62. The second kappa shape index (κ2) is 5.48. The summed E-state index contributed by atoms with van der Waals surface area (Å²) in [6.45, 7) is 3.49. The van der Waals surface area contributed by atoms with Crippen molar-refractivity contribution in [1.29, 1.82) is 0 Å². The summed E-state index contributed by atoms with van der Waals surface area (Å²) in [5, 5.41) is 9.96. The van der Waals surface area contributed by atoms with Gasteiger partial charge in [0.15, 0.2) is 0 Å². The molecule has 1 N–H and O–H groups in total. The van der Waals surface area contributed by atoms with Crippen molar-refractivity contribution >= 4 is 11.6 Å². The highest BCUT2D eigenvalue weighted by molar-refractivity contribution is 5.83. The van der Waals surface area contributed by atoms with Crippen LogP contribution in [0.1, 0.15) is 18.6 Å². The third-order valence-electron chi connectivity index (χ3n) is 3.48. The molecule has 1 atom stereocenters. The van der Waals surface area contributed by atoms with Crippen LogP contribution in [0.25, 0.3) is 0 Å². The van der Waals surface area contributed by atoms with Crippen LogP contribution >= 0.6 is 0 Å². The Hall–Kier alpha value is -1.75. The Morgan fingerprint density at radius 2 is 2.11 bits per heavy atom. The molecule has 1 aliphatic rings. The van der Waals surface area contributed by atoms with Crippen LogP contribution in [0, 0.1) is 0 Å². The number of aliphatic hydroxyl groups is 1. The fourth-order valence-corrected chi connectivity index (χ4v) is 2.37. The van der Waals surface area contributed by atoms with E-state index in [4.69, 9.17) is 4.74 Å². The van der Waals surface area contributed by atoms with Crippen molar-refractivity contribution in [2.75, 3.05) is 38.7 Å². The SMILES string of the molecule is COc1cccc(N2CCN(C)C(=O)C2)c1C(C)O. The Morgan fingerprint density at radius 1 is 1.37 bits per heavy atom. The number of aliphatic hydroxyl groups excluding tert-OH is 1. The summed E-state index contributed by atoms with van der Waals surface area (Å²) in [6.07, 6.45) is -0.638. The molecule has 1 amide bonds. The highest BCUT2D eigenvalue weighted by atomic mass is 16.5. The van der Waals surface area contributed by atoms with E-state index in [0.29, 0.717) is 18.8 Å². The first-order valence-corrected chi connectivity index (χ1v) is 6.38. The number of ether oxygens (including phenoxy) is 1. The van der Waals surface area contributed by atoms with Crippen molar-refractivity contribution < 1.29 is 14.6 Å². The van der Waals surface area contributed by atoms with E-state index < -0.39 is 6.10 Å². The lowest BCUT2D eigenvalue weighted by Crippen LogP contribution is -2.48. The van der Waals surface area contributed by atoms with Crippen molar-refractivity contribution in [2.45, 2.75) is 13.0 Å². The summed E-state index contributed by atoms with van der Waals surface area (Å²) in [5.74, 6) is 0.740. The van der Waals surface area contributed by atoms with Gasteiger partial charge in [-0.25, -0.2) is 0 Å². The van der Waals surface area contributed by atoms with Gasteiger partial charge in [-0.05, 0) is 19.1 Å². The zero-order valence-corrected chi connectivity index (χ0v) is 11.6. The molecule has 0 aromatic heterocycles. The van der Waals surface area contributed by atoms with Crippen molar-refractivity contribution in [3.63, 3.8) is 0 Å². The fraction of sp³-hybridized carbons (Fsp3) is 0.500. The number of anilines is 1. The van der Waals surface area contributed by atoms with Crippen LogP contribution in [0.15, 0.2) is 18.2 Å². The second-order valence-electron chi connectivity index (χ2n) is 4.81. The molecule has 5 heteroatoms. The van der Waals surface area contributed by atoms with Crippen molar-refractivity contribution in [2.24, 2.45) is 0 Å². The maximum atomic E-state index is 11.8. The topological polar surface area (TPSA) is 53.0 Å². The number of methoxy groups -OCH3 is 1. The lowest BCUT2D eigenvalue weighted by Gasteiger charge is -2.35. The van der Waals surface area contributed by atoms with Crippen molar-refractivity contribution in [3.8, 4) is 5.75 Å². The molecule has 0 bridgehead atoms. The molecule has 1 heterocycles. The first kappa shape index (κ1) is 13.7. The van der Waals surface area contributed by atoms with Crippen molar-refractivity contribution in [3.05, 3.63) is 23.8 Å². The fourth-order valence-electron chi connectivity index (χ4n) is 2.37. The number of amides is 1. The van der Waals surface area contributed by atoms with Crippen molar-refractivity contribution in [1.82, 2.24) is 4.90 Å². The van der Waals surface area contributed by atoms with E-state index in [1.54, 1.807) is 26.0 Å². The van der Waals surface area contributed by atoms with Gasteiger partial charge < -0.3 is 19.6 Å². The van der Waals surface area contributed by atoms with Crippen LogP contribution < -0.4 is 9.64 Å². The number of nitrogens with zero attached hydrogens (tertiary/aromatic N) is 2. The van der Waals surface area contributed by atoms with Crippen LogP contribution in [-0.4, -0.2) is 49.7 Å². The van der Waals surface area contributed by atoms with Gasteiger partial charge in [0.05, 0.1) is 19.8 Å². The monoisotopic (exact) mass is 264 g/mol. The zero-order chi connectivity index (χ0) is 14.0. The normalized spacial score (nSPS) is 17.6. The molecule has 104 valence electrons. The molecule has 0 saturated carbocycles. The summed E-state index contributed by atoms with van der Waals surface area (Å²) in [4.78, 5) is 15.5. The average molecular weight is 264 g/mol. The number of likely N-dealkylation sites (N-methyl/N-ethyl adjacent to an activating group) is 1. The highest BCUT2D eigenvalue weighted by Crippen LogP contribution is 2.34. The number of hydrogen-bond acceptors (Lipinski definition) is 4. The Balaban J connectivity index is 2.36. The molecular weight excluding hydrogens is 244 g/mol. The van der Waals surface area contributed by atoms with Gasteiger partial charge in [0.25, 0.3) is 0 Å². The van der Waals surface area contributed by atoms with Gasteiger partial charge in [0.2, 0.25) is 5.91 Å². The number of carbonyl (C=O) groups excluding carboxylic acids is 1. The molecule has 1 unspecified atom stereocenters. The van der Waals surface area contributed by atoms with E-state index in [0.717, 1.165) is 17.8 Å². The molecule has 0 aliphatic carbocycles. The molecule has 0 spiro atoms. The Kier molecular flexibility index (Phi) is 3.95. The average Bonchev–Trinajstić information content (AvgIpc) is 2.40. The van der Waals surface area contributed by atoms with Gasteiger partial charge >= 0.3 is 0 Å². The minimum absolute atomic E-state index is 0.0885. The molecule has 1 fully saturated rings. The predicted octanol–water partition coefficient (Wildman–Crippen LogP) is 1.03. The third-order valence-corrected chi connectivity index (χ3v) is 3.48. The molecule has 0 radical (unpaired) electrons. The van der Waals surface area contributed by atoms with E-state index in [1.165, 1.54) is 0 Å². The zero-order valence-electron chi connectivity index (χ0n) is 11.6. The van der Waals surface area contributed by atoms with Gasteiger partial charge in [-0.2, -0.15) is 0 Å². The Morgan fingerprint density at radius 3 is 2.68 bits per heavy atom. The lowest BCUT2D eigenvalue weighted by atomic mass is 10.0. The van der Waals surface area contributed by atoms with E-state index >= 15 is 0 Å². The maximum Gasteiger partial charge on any atom is 0.241 e. The van der Waals surface area contributed by atoms with Gasteiger partial charge in [0.1, 0.15) is 5.75 Å². The first-order chi connectivity index (χ1) is 9.04. The summed E-state index contributed by atoms with van der Waals surface area (Å²) in [5.41, 5.74) is 1.61. The lowest BCUT2D eigenvalue weighted by molar-refractivity contribution is -0.129. The standard InChI is InChI=1S/C14H20N2O3/c1-10(17)14-11(5-4-6-12(14)19-3)16-8-7-15(2)13(18)9-16/h4-6,10,17H,7-9H2,1-3H3. The Bertz CT molecular complexity index is 474. The molecule has 1 saturated heterocycles. The van der Waals surface area contributed by atoms with Crippen LogP contribution in [0.5, 0.6) is 5.75 Å². The smallest absolute Gasteiger partial charge is 0.241 e. The minimum atomic E-state index is -0.638. The number of benzene rings is 1. The first-order valence-electron chi connectivity index (χ1n) is 6.38. The quantitative estimate of drug-likeness (QED) is 0.886. The molecule has 1 aliphatic heterocycles. The van der Waals surface area contributed by atoms with Gasteiger partial charge in [0, 0.05) is 31.4 Å². The largest absolute Gasteiger partial charge is 0.496 e. The number of hydrogen-bond donors (Lipinski definition) is 1. The van der Waals surface area contributed by atoms with Gasteiger partial charge in [-0.1, -0.05) is 6.07 Å². The summed E-state index contributed by atoms with van der Waals surface area (Å²) < 4.78 is 5.30. The molecule has 2 rings (SSSR count). The number of piperazine rings is 1. The molecule has 1 aromatic carbocycles. The van der Waals surface area contributed by atoms with Crippen LogP contribution in [-0.2, 0) is 4.79 Å². The molecular formula is C14H20N2O3.